The van der Waals surface area contributed by atoms with Crippen LogP contribution in [-0.4, -0.2) is 49.8 Å². The van der Waals surface area contributed by atoms with Gasteiger partial charge in [0.25, 0.3) is 11.8 Å². The third-order valence-electron chi connectivity index (χ3n) is 7.66. The zero-order valence-corrected chi connectivity index (χ0v) is 25.5. The van der Waals surface area contributed by atoms with Crippen LogP contribution in [0.25, 0.3) is 66.7 Å². The highest BCUT2D eigenvalue weighted by molar-refractivity contribution is 6.20. The minimum Gasteiger partial charge on any atom is -0.436 e. The van der Waals surface area contributed by atoms with Gasteiger partial charge in [-0.2, -0.15) is 20.5 Å². The summed E-state index contributed by atoms with van der Waals surface area (Å²) in [6, 6.07) is 20.6. The van der Waals surface area contributed by atoms with E-state index in [1.165, 1.54) is 0 Å². The zero-order valence-electron chi connectivity index (χ0n) is 25.5. The van der Waals surface area contributed by atoms with E-state index in [4.69, 9.17) is 9.47 Å². The van der Waals surface area contributed by atoms with Crippen LogP contribution in [0.1, 0.15) is 11.4 Å². The highest BCUT2D eigenvalue weighted by atomic mass is 19.2. The van der Waals surface area contributed by atoms with Crippen molar-refractivity contribution < 1.29 is 27.0 Å². The molecule has 0 amide bonds. The number of benzene rings is 4. The molecule has 0 saturated heterocycles. The maximum absolute atomic E-state index is 15.1. The van der Waals surface area contributed by atoms with Gasteiger partial charge in [-0.1, -0.05) is 36.4 Å². The average molecular weight is 695 g/mol. The van der Waals surface area contributed by atoms with Crippen molar-refractivity contribution in [3.63, 3.8) is 0 Å². The largest absolute Gasteiger partial charge is 0.436 e. The van der Waals surface area contributed by atoms with Crippen LogP contribution in [0.3, 0.4) is 0 Å². The van der Waals surface area contributed by atoms with E-state index < -0.39 is 34.3 Å². The van der Waals surface area contributed by atoms with Gasteiger partial charge >= 0.3 is 0 Å². The lowest BCUT2D eigenvalue weighted by atomic mass is 10.1. The molecule has 18 heteroatoms. The summed E-state index contributed by atoms with van der Waals surface area (Å²) in [7, 11) is 0. The van der Waals surface area contributed by atoms with E-state index >= 15 is 8.78 Å². The number of nitriles is 2. The molecule has 0 saturated carbocycles. The summed E-state index contributed by atoms with van der Waals surface area (Å²) in [5.74, 6) is -7.55. The fraction of sp³-hybridized carbons (Fsp3) is 0. The van der Waals surface area contributed by atoms with Crippen LogP contribution in [0.2, 0.25) is 0 Å². The normalized spacial score (nSPS) is 11.4. The molecule has 0 fully saturated rings. The van der Waals surface area contributed by atoms with E-state index in [0.717, 1.165) is 0 Å². The topological polar surface area (TPSA) is 195 Å². The van der Waals surface area contributed by atoms with Gasteiger partial charge in [0.1, 0.15) is 67.8 Å². The van der Waals surface area contributed by atoms with Gasteiger partial charge in [0.05, 0.1) is 0 Å². The molecule has 9 aromatic rings. The summed E-state index contributed by atoms with van der Waals surface area (Å²) in [5, 5.41) is 19.7. The highest BCUT2D eigenvalue weighted by Gasteiger charge is 2.27. The molecular weight excluding hydrogens is 684 g/mol. The molecule has 5 aromatic heterocycles. The van der Waals surface area contributed by atoms with Crippen molar-refractivity contribution in [2.24, 2.45) is 0 Å². The number of hydrogen-bond acceptors (Lipinski definition) is 14. The quantitative estimate of drug-likeness (QED) is 0.0642. The maximum Gasteiger partial charge on any atom is 0.258 e. The van der Waals surface area contributed by atoms with Crippen molar-refractivity contribution in [3.8, 4) is 35.4 Å². The van der Waals surface area contributed by atoms with Crippen molar-refractivity contribution >= 4 is 66.7 Å². The Morgan fingerprint density at radius 2 is 0.712 bits per heavy atom. The number of ether oxygens (including phenoxy) is 2. The molecule has 0 aliphatic rings. The van der Waals surface area contributed by atoms with Gasteiger partial charge in [-0.3, -0.25) is 0 Å². The fourth-order valence-corrected chi connectivity index (χ4v) is 5.36. The van der Waals surface area contributed by atoms with Gasteiger partial charge in [0.2, 0.25) is 22.7 Å². The van der Waals surface area contributed by atoms with Gasteiger partial charge < -0.3 is 9.47 Å². The van der Waals surface area contributed by atoms with Gasteiger partial charge in [0.15, 0.2) is 34.6 Å². The Morgan fingerprint density at radius 1 is 0.385 bits per heavy atom. The first-order chi connectivity index (χ1) is 25.3. The summed E-state index contributed by atoms with van der Waals surface area (Å²) in [4.78, 5) is 43.6. The van der Waals surface area contributed by atoms with Crippen molar-refractivity contribution in [1.29, 1.82) is 10.5 Å². The second kappa shape index (κ2) is 11.4. The van der Waals surface area contributed by atoms with Crippen molar-refractivity contribution in [3.05, 3.63) is 95.3 Å². The first-order valence-corrected chi connectivity index (χ1v) is 14.8. The summed E-state index contributed by atoms with van der Waals surface area (Å²) in [6.45, 7) is 0. The Bertz CT molecular complexity index is 3110. The zero-order chi connectivity index (χ0) is 35.7. The van der Waals surface area contributed by atoms with Gasteiger partial charge in [-0.05, 0) is 24.3 Å². The van der Waals surface area contributed by atoms with Crippen molar-refractivity contribution in [2.45, 2.75) is 0 Å². The molecule has 14 nitrogen and oxygen atoms in total. The van der Waals surface area contributed by atoms with Gasteiger partial charge in [0, 0.05) is 0 Å². The molecule has 0 aliphatic heterocycles. The minimum atomic E-state index is -2.10. The Kier molecular flexibility index (Phi) is 6.60. The molecule has 52 heavy (non-hydrogen) atoms. The van der Waals surface area contributed by atoms with Crippen LogP contribution in [0, 0.1) is 45.9 Å². The molecule has 0 atom stereocenters. The van der Waals surface area contributed by atoms with E-state index in [1.807, 2.05) is 12.1 Å². The molecule has 0 spiro atoms. The Morgan fingerprint density at radius 3 is 1.06 bits per heavy atom. The van der Waals surface area contributed by atoms with E-state index in [1.54, 1.807) is 60.7 Å². The van der Waals surface area contributed by atoms with Crippen LogP contribution < -0.4 is 9.47 Å². The molecule has 0 N–H and O–H groups in total. The Labute approximate surface area is 284 Å². The number of hydrogen-bond donors (Lipinski definition) is 0. The summed E-state index contributed by atoms with van der Waals surface area (Å²) in [5.41, 5.74) is -4.25. The van der Waals surface area contributed by atoms with Gasteiger partial charge in [-0.15, -0.1) is 0 Å². The third-order valence-corrected chi connectivity index (χ3v) is 7.66. The van der Waals surface area contributed by atoms with Crippen LogP contribution >= 0.6 is 0 Å². The number of fused-ring (bicyclic) bond motifs is 9. The second-order valence-corrected chi connectivity index (χ2v) is 10.8. The minimum absolute atomic E-state index is 0.101. The Balaban J connectivity index is 1.39. The number of nitrogens with zero attached hydrogens (tertiary/aromatic N) is 12. The lowest BCUT2D eigenvalue weighted by molar-refractivity contribution is 0.416. The number of para-hydroxylation sites is 2. The predicted molar refractivity (Wildman–Crippen MR) is 172 cm³/mol. The van der Waals surface area contributed by atoms with Crippen molar-refractivity contribution in [2.75, 3.05) is 0 Å². The standard InChI is InChI=1S/C34H10F4N12O2/c35-17-18(36)20(38)22-21(19(17)37)43-23-24(44-22)26-27(46-30-31(47-26)49-33(16(12-40)42-30)51-13-7-3-1-4-8-13)28-25(23)45-29-32(48-28)50-34(15(11-39)41-29)52-14-9-5-2-6-10-14/h1-10H. The van der Waals surface area contributed by atoms with E-state index in [2.05, 4.69) is 49.8 Å². The summed E-state index contributed by atoms with van der Waals surface area (Å²) < 4.78 is 70.5. The van der Waals surface area contributed by atoms with Crippen LogP contribution in [0.5, 0.6) is 23.3 Å². The molecule has 0 bridgehead atoms. The first-order valence-electron chi connectivity index (χ1n) is 14.8. The summed E-state index contributed by atoms with van der Waals surface area (Å²) in [6.07, 6.45) is 0. The van der Waals surface area contributed by atoms with E-state index in [-0.39, 0.29) is 78.8 Å². The van der Waals surface area contributed by atoms with Crippen molar-refractivity contribution in [1.82, 2.24) is 49.8 Å². The Hall–Kier alpha value is -7.86. The lowest BCUT2D eigenvalue weighted by Crippen LogP contribution is -2.06. The highest BCUT2D eigenvalue weighted by Crippen LogP contribution is 2.35. The fourth-order valence-electron chi connectivity index (χ4n) is 5.36. The molecule has 0 radical (unpaired) electrons. The molecule has 4 aromatic carbocycles. The van der Waals surface area contributed by atoms with Crippen LogP contribution in [0.4, 0.5) is 17.6 Å². The molecule has 246 valence electrons. The van der Waals surface area contributed by atoms with E-state index in [0.29, 0.717) is 11.5 Å². The number of rotatable bonds is 4. The molecule has 0 unspecified atom stereocenters. The maximum atomic E-state index is 15.1. The predicted octanol–water partition coefficient (Wildman–Crippen LogP) is 6.44. The SMILES string of the molecule is N#Cc1nc2nc3c4nc5nc(Oc6ccccc6)c(C#N)nc5nc4c4nc5c(F)c(F)c(F)c(F)c5nc4c3nc2nc1Oc1ccccc1. The monoisotopic (exact) mass is 694 g/mol. The number of aromatic nitrogens is 10. The first kappa shape index (κ1) is 30.2. The second-order valence-electron chi connectivity index (χ2n) is 10.8. The van der Waals surface area contributed by atoms with Gasteiger partial charge in [-0.25, -0.2) is 57.4 Å². The van der Waals surface area contributed by atoms with Crippen LogP contribution in [-0.2, 0) is 0 Å². The number of halogens is 4. The molecule has 5 heterocycles. The van der Waals surface area contributed by atoms with Crippen LogP contribution in [0.15, 0.2) is 60.7 Å². The molecule has 9 rings (SSSR count). The third kappa shape index (κ3) is 4.63. The van der Waals surface area contributed by atoms with E-state index in [9.17, 15) is 19.3 Å². The molecular formula is C34H10F4N12O2. The smallest absolute Gasteiger partial charge is 0.258 e. The lowest BCUT2D eigenvalue weighted by Gasteiger charge is -2.12. The molecule has 0 aliphatic carbocycles. The summed E-state index contributed by atoms with van der Waals surface area (Å²) >= 11 is 0. The average Bonchev–Trinajstić information content (AvgIpc) is 3.18.